The minimum absolute atomic E-state index is 0.0265. The fraction of sp³-hybridized carbons (Fsp3) is 0.818. The van der Waals surface area contributed by atoms with Crippen molar-refractivity contribution in [3.05, 3.63) is 0 Å². The standard InChI is InChI=1S/C11H18N2O4/c1-8-7-12(5-6-17-8)11(16)13-4-2-3-9(13)10(14)15/h8-9H,2-7H2,1H3,(H,14,15)/t8?,9-/m0/s1. The van der Waals surface area contributed by atoms with E-state index in [1.54, 1.807) is 4.90 Å². The summed E-state index contributed by atoms with van der Waals surface area (Å²) < 4.78 is 5.37. The number of hydrogen-bond donors (Lipinski definition) is 1. The van der Waals surface area contributed by atoms with E-state index in [4.69, 9.17) is 9.84 Å². The molecule has 0 spiro atoms. The van der Waals surface area contributed by atoms with Gasteiger partial charge in [0.05, 0.1) is 12.7 Å². The summed E-state index contributed by atoms with van der Waals surface area (Å²) in [6.07, 6.45) is 1.35. The molecule has 6 heteroatoms. The molecule has 2 atom stereocenters. The molecule has 1 unspecified atom stereocenters. The van der Waals surface area contributed by atoms with Crippen LogP contribution in [0.25, 0.3) is 0 Å². The van der Waals surface area contributed by atoms with E-state index in [0.29, 0.717) is 32.7 Å². The molecule has 2 aliphatic heterocycles. The number of carboxylic acids is 1. The third-order valence-electron chi connectivity index (χ3n) is 3.30. The van der Waals surface area contributed by atoms with Crippen LogP contribution in [0.3, 0.4) is 0 Å². The monoisotopic (exact) mass is 242 g/mol. The number of carbonyl (C=O) groups excluding carboxylic acids is 1. The van der Waals surface area contributed by atoms with Gasteiger partial charge in [-0.1, -0.05) is 0 Å². The predicted molar refractivity (Wildman–Crippen MR) is 59.7 cm³/mol. The lowest BCUT2D eigenvalue weighted by atomic mass is 10.2. The van der Waals surface area contributed by atoms with Crippen LogP contribution < -0.4 is 0 Å². The molecular weight excluding hydrogens is 224 g/mol. The molecular formula is C11H18N2O4. The lowest BCUT2D eigenvalue weighted by Crippen LogP contribution is -2.52. The van der Waals surface area contributed by atoms with E-state index in [1.165, 1.54) is 4.90 Å². The van der Waals surface area contributed by atoms with Crippen LogP contribution in [0.5, 0.6) is 0 Å². The van der Waals surface area contributed by atoms with E-state index in [-0.39, 0.29) is 12.1 Å². The number of carboxylic acid groups (broad SMARTS) is 1. The summed E-state index contributed by atoms with van der Waals surface area (Å²) in [7, 11) is 0. The second kappa shape index (κ2) is 4.91. The SMILES string of the molecule is CC1CN(C(=O)N2CCC[C@H]2C(=O)O)CCO1. The molecule has 0 bridgehead atoms. The molecule has 2 heterocycles. The number of amides is 2. The van der Waals surface area contributed by atoms with E-state index in [9.17, 15) is 9.59 Å². The summed E-state index contributed by atoms with van der Waals surface area (Å²) >= 11 is 0. The highest BCUT2D eigenvalue weighted by atomic mass is 16.5. The van der Waals surface area contributed by atoms with Gasteiger partial charge < -0.3 is 19.6 Å². The lowest BCUT2D eigenvalue weighted by molar-refractivity contribution is -0.141. The Morgan fingerprint density at radius 2 is 2.12 bits per heavy atom. The number of nitrogens with zero attached hydrogens (tertiary/aromatic N) is 2. The number of likely N-dealkylation sites (tertiary alicyclic amines) is 1. The van der Waals surface area contributed by atoms with Gasteiger partial charge in [0.1, 0.15) is 6.04 Å². The first-order valence-corrected chi connectivity index (χ1v) is 5.99. The maximum absolute atomic E-state index is 12.2. The zero-order valence-corrected chi connectivity index (χ0v) is 9.96. The van der Waals surface area contributed by atoms with Crippen molar-refractivity contribution in [2.75, 3.05) is 26.2 Å². The van der Waals surface area contributed by atoms with Crippen molar-refractivity contribution in [3.63, 3.8) is 0 Å². The number of rotatable bonds is 1. The van der Waals surface area contributed by atoms with Crippen LogP contribution >= 0.6 is 0 Å². The summed E-state index contributed by atoms with van der Waals surface area (Å²) in [6, 6.07) is -0.814. The molecule has 6 nitrogen and oxygen atoms in total. The quantitative estimate of drug-likeness (QED) is 0.721. The van der Waals surface area contributed by atoms with Crippen molar-refractivity contribution in [2.24, 2.45) is 0 Å². The summed E-state index contributed by atoms with van der Waals surface area (Å²) in [5.41, 5.74) is 0. The minimum atomic E-state index is -0.905. The largest absolute Gasteiger partial charge is 0.480 e. The number of morpholine rings is 1. The van der Waals surface area contributed by atoms with E-state index in [1.807, 2.05) is 6.92 Å². The zero-order chi connectivity index (χ0) is 12.4. The van der Waals surface area contributed by atoms with Crippen LogP contribution in [0.2, 0.25) is 0 Å². The molecule has 2 fully saturated rings. The molecule has 1 N–H and O–H groups in total. The number of urea groups is 1. The third-order valence-corrected chi connectivity index (χ3v) is 3.30. The molecule has 0 radical (unpaired) electrons. The topological polar surface area (TPSA) is 70.1 Å². The Bertz CT molecular complexity index is 321. The van der Waals surface area contributed by atoms with Crippen molar-refractivity contribution >= 4 is 12.0 Å². The van der Waals surface area contributed by atoms with E-state index >= 15 is 0 Å². The highest BCUT2D eigenvalue weighted by molar-refractivity contribution is 5.83. The predicted octanol–water partition coefficient (Wildman–Crippen LogP) is 0.376. The molecule has 0 saturated carbocycles. The minimum Gasteiger partial charge on any atom is -0.480 e. The fourth-order valence-electron chi connectivity index (χ4n) is 2.43. The normalized spacial score (nSPS) is 29.5. The Balaban J connectivity index is 2.01. The van der Waals surface area contributed by atoms with Crippen LogP contribution in [0.15, 0.2) is 0 Å². The van der Waals surface area contributed by atoms with Crippen molar-refractivity contribution in [1.29, 1.82) is 0 Å². The lowest BCUT2D eigenvalue weighted by Gasteiger charge is -2.35. The summed E-state index contributed by atoms with van der Waals surface area (Å²) in [6.45, 7) is 4.08. The Morgan fingerprint density at radius 3 is 2.76 bits per heavy atom. The number of ether oxygens (including phenoxy) is 1. The highest BCUT2D eigenvalue weighted by Gasteiger charge is 2.37. The van der Waals surface area contributed by atoms with Gasteiger partial charge in [0.25, 0.3) is 0 Å². The molecule has 17 heavy (non-hydrogen) atoms. The Kier molecular flexibility index (Phi) is 3.51. The van der Waals surface area contributed by atoms with E-state index in [2.05, 4.69) is 0 Å². The number of aliphatic carboxylic acids is 1. The highest BCUT2D eigenvalue weighted by Crippen LogP contribution is 2.20. The van der Waals surface area contributed by atoms with Gasteiger partial charge >= 0.3 is 12.0 Å². The molecule has 96 valence electrons. The Labute approximate surface area is 100 Å². The maximum Gasteiger partial charge on any atom is 0.326 e. The zero-order valence-electron chi connectivity index (χ0n) is 9.96. The van der Waals surface area contributed by atoms with Crippen LogP contribution in [0.4, 0.5) is 4.79 Å². The maximum atomic E-state index is 12.2. The van der Waals surface area contributed by atoms with Gasteiger partial charge in [-0.25, -0.2) is 9.59 Å². The van der Waals surface area contributed by atoms with Crippen LogP contribution in [0.1, 0.15) is 19.8 Å². The van der Waals surface area contributed by atoms with Gasteiger partial charge in [-0.05, 0) is 19.8 Å². The summed E-state index contributed by atoms with van der Waals surface area (Å²) in [5.74, 6) is -0.905. The summed E-state index contributed by atoms with van der Waals surface area (Å²) in [5, 5.41) is 9.05. The van der Waals surface area contributed by atoms with Gasteiger partial charge in [-0.2, -0.15) is 0 Å². The molecule has 2 amide bonds. The van der Waals surface area contributed by atoms with Crippen molar-refractivity contribution < 1.29 is 19.4 Å². The molecule has 2 saturated heterocycles. The second-order valence-corrected chi connectivity index (χ2v) is 4.60. The van der Waals surface area contributed by atoms with Crippen LogP contribution in [-0.4, -0.2) is 65.3 Å². The molecule has 2 rings (SSSR count). The average Bonchev–Trinajstić information content (AvgIpc) is 2.77. The van der Waals surface area contributed by atoms with Crippen molar-refractivity contribution in [3.8, 4) is 0 Å². The first kappa shape index (κ1) is 12.2. The van der Waals surface area contributed by atoms with Gasteiger partial charge in [-0.3, -0.25) is 0 Å². The molecule has 0 aliphatic carbocycles. The fourth-order valence-corrected chi connectivity index (χ4v) is 2.43. The molecule has 2 aliphatic rings. The number of hydrogen-bond acceptors (Lipinski definition) is 3. The van der Waals surface area contributed by atoms with Crippen molar-refractivity contribution in [2.45, 2.75) is 31.9 Å². The van der Waals surface area contributed by atoms with Gasteiger partial charge in [0.2, 0.25) is 0 Å². The summed E-state index contributed by atoms with van der Waals surface area (Å²) in [4.78, 5) is 26.4. The third kappa shape index (κ3) is 2.52. The van der Waals surface area contributed by atoms with Gasteiger partial charge in [0.15, 0.2) is 0 Å². The van der Waals surface area contributed by atoms with Crippen LogP contribution in [-0.2, 0) is 9.53 Å². The molecule has 0 aromatic heterocycles. The van der Waals surface area contributed by atoms with E-state index < -0.39 is 12.0 Å². The molecule has 0 aromatic rings. The average molecular weight is 242 g/mol. The number of carbonyl (C=O) groups is 2. The van der Waals surface area contributed by atoms with Crippen LogP contribution in [0, 0.1) is 0 Å². The van der Waals surface area contributed by atoms with Crippen molar-refractivity contribution in [1.82, 2.24) is 9.80 Å². The second-order valence-electron chi connectivity index (χ2n) is 4.60. The first-order valence-electron chi connectivity index (χ1n) is 5.99. The molecule has 0 aromatic carbocycles. The Hall–Kier alpha value is -1.30. The first-order chi connectivity index (χ1) is 8.09. The van der Waals surface area contributed by atoms with Gasteiger partial charge in [0, 0.05) is 19.6 Å². The van der Waals surface area contributed by atoms with E-state index in [0.717, 1.165) is 6.42 Å². The Morgan fingerprint density at radius 1 is 1.35 bits per heavy atom. The van der Waals surface area contributed by atoms with Gasteiger partial charge in [-0.15, -0.1) is 0 Å². The smallest absolute Gasteiger partial charge is 0.326 e.